The van der Waals surface area contributed by atoms with Gasteiger partial charge >= 0.3 is 0 Å². The van der Waals surface area contributed by atoms with Crippen LogP contribution in [0.25, 0.3) is 0 Å². The first-order valence-electron chi connectivity index (χ1n) is 29.5. The van der Waals surface area contributed by atoms with Crippen LogP contribution in [0.1, 0.15) is 258 Å². The van der Waals surface area contributed by atoms with Crippen molar-refractivity contribution in [3.05, 3.63) is 24.3 Å². The summed E-state index contributed by atoms with van der Waals surface area (Å²) in [5.41, 5.74) is 24.2. The Hall–Kier alpha value is -2.80. The van der Waals surface area contributed by atoms with E-state index in [4.69, 9.17) is 22.9 Å². The number of amides is 4. The van der Waals surface area contributed by atoms with Crippen LogP contribution < -0.4 is 33.6 Å². The Morgan fingerprint density at radius 2 is 0.686 bits per heavy atom. The van der Waals surface area contributed by atoms with E-state index in [-0.39, 0.29) is 23.6 Å². The predicted octanol–water partition coefficient (Wildman–Crippen LogP) is 11.4. The summed E-state index contributed by atoms with van der Waals surface area (Å²) in [5, 5.41) is 6.12. The number of unbranched alkanes of at least 4 members (excludes halogenated alkanes) is 25. The summed E-state index contributed by atoms with van der Waals surface area (Å²) >= 11 is 0. The number of rotatable bonds is 53. The second-order valence-corrected chi connectivity index (χ2v) is 20.2. The van der Waals surface area contributed by atoms with Gasteiger partial charge in [0.2, 0.25) is 23.6 Å². The van der Waals surface area contributed by atoms with Crippen LogP contribution in [0.2, 0.25) is 0 Å². The van der Waals surface area contributed by atoms with Gasteiger partial charge in [0.15, 0.2) is 0 Å². The van der Waals surface area contributed by atoms with Crippen molar-refractivity contribution >= 4 is 23.6 Å². The van der Waals surface area contributed by atoms with Gasteiger partial charge in [0, 0.05) is 52.1 Å². The van der Waals surface area contributed by atoms with Gasteiger partial charge in [-0.15, -0.1) is 0 Å². The first kappa shape index (κ1) is 67.2. The van der Waals surface area contributed by atoms with Gasteiger partial charge in [-0.3, -0.25) is 19.2 Å². The predicted molar refractivity (Wildman–Crippen MR) is 298 cm³/mol. The fraction of sp³-hybridized carbons (Fsp3) is 0.862. The minimum absolute atomic E-state index is 0.0646. The summed E-state index contributed by atoms with van der Waals surface area (Å²) in [4.78, 5) is 56.0. The molecule has 0 saturated carbocycles. The highest BCUT2D eigenvalue weighted by atomic mass is 16.2. The number of nitrogens with one attached hydrogen (secondary N) is 2. The molecule has 70 heavy (non-hydrogen) atoms. The molecule has 0 aromatic carbocycles. The molecule has 0 aliphatic heterocycles. The summed E-state index contributed by atoms with van der Waals surface area (Å²) in [6.45, 7) is 8.71. The molecule has 0 fully saturated rings. The lowest BCUT2D eigenvalue weighted by molar-refractivity contribution is -0.134. The molecular formula is C58H114N8O4. The van der Waals surface area contributed by atoms with Gasteiger partial charge in [-0.25, -0.2) is 0 Å². The molecule has 0 aliphatic carbocycles. The Morgan fingerprint density at radius 1 is 0.386 bits per heavy atom. The number of allylic oxidation sites excluding steroid dienone is 4. The highest BCUT2D eigenvalue weighted by Gasteiger charge is 2.23. The molecule has 12 heteroatoms. The first-order chi connectivity index (χ1) is 34.2. The lowest BCUT2D eigenvalue weighted by Crippen LogP contribution is -2.46. The molecule has 0 heterocycles. The van der Waals surface area contributed by atoms with E-state index in [1.54, 1.807) is 0 Å². The van der Waals surface area contributed by atoms with Crippen LogP contribution in [0.3, 0.4) is 0 Å². The van der Waals surface area contributed by atoms with Crippen LogP contribution in [-0.4, -0.2) is 97.9 Å². The van der Waals surface area contributed by atoms with Crippen molar-refractivity contribution in [3.8, 4) is 0 Å². The standard InChI is InChI=1S/C58H114N8O4/c1-3-5-7-9-11-13-15-17-19-21-23-25-27-29-31-43-55(67)63-47-39-51-65(57(69)53(61)41-33-35-45-59)49-37-38-50-66(58(70)54(62)42-34-36-46-60)52-40-48-64-56(68)44-32-30-28-26-24-22-20-18-16-14-12-10-8-6-4-2/h19-22,53-54H,3-18,23-52,59-62H2,1-2H3,(H,63,67)(H,64,68)/b21-19-,22-20-/t53-,54-/m0/s1. The summed E-state index contributed by atoms with van der Waals surface area (Å²) in [7, 11) is 0. The van der Waals surface area contributed by atoms with Crippen LogP contribution in [0, 0.1) is 0 Å². The minimum atomic E-state index is -0.599. The van der Waals surface area contributed by atoms with Gasteiger partial charge in [-0.2, -0.15) is 0 Å². The number of carbonyl (C=O) groups excluding carboxylic acids is 4. The smallest absolute Gasteiger partial charge is 0.239 e. The maximum absolute atomic E-state index is 13.6. The molecule has 0 aromatic rings. The highest BCUT2D eigenvalue weighted by molar-refractivity contribution is 5.82. The number of carbonyl (C=O) groups is 4. The van der Waals surface area contributed by atoms with Crippen LogP contribution in [0.4, 0.5) is 0 Å². The summed E-state index contributed by atoms with van der Waals surface area (Å²) in [6, 6.07) is -1.20. The topological polar surface area (TPSA) is 203 Å². The van der Waals surface area contributed by atoms with Crippen molar-refractivity contribution in [3.63, 3.8) is 0 Å². The van der Waals surface area contributed by atoms with Gasteiger partial charge in [0.25, 0.3) is 0 Å². The third-order valence-corrected chi connectivity index (χ3v) is 13.5. The van der Waals surface area contributed by atoms with E-state index < -0.39 is 12.1 Å². The number of nitrogens with two attached hydrogens (primary N) is 4. The average Bonchev–Trinajstić information content (AvgIpc) is 3.35. The molecule has 0 radical (unpaired) electrons. The summed E-state index contributed by atoms with van der Waals surface area (Å²) in [5.74, 6) is -0.0317. The van der Waals surface area contributed by atoms with Crippen molar-refractivity contribution in [2.75, 3.05) is 52.4 Å². The summed E-state index contributed by atoms with van der Waals surface area (Å²) < 4.78 is 0. The van der Waals surface area contributed by atoms with Crippen LogP contribution in [-0.2, 0) is 19.2 Å². The molecule has 410 valence electrons. The number of nitrogens with zero attached hydrogens (tertiary/aromatic N) is 2. The lowest BCUT2D eigenvalue weighted by Gasteiger charge is -2.28. The molecule has 0 saturated heterocycles. The van der Waals surface area contributed by atoms with Gasteiger partial charge < -0.3 is 43.4 Å². The summed E-state index contributed by atoms with van der Waals surface area (Å²) in [6.07, 6.45) is 49.5. The average molecular weight is 988 g/mol. The van der Waals surface area contributed by atoms with Crippen molar-refractivity contribution in [2.45, 2.75) is 270 Å². The second-order valence-electron chi connectivity index (χ2n) is 20.2. The molecule has 4 amide bonds. The molecule has 0 bridgehead atoms. The maximum atomic E-state index is 13.6. The molecule has 0 spiro atoms. The van der Waals surface area contributed by atoms with Gasteiger partial charge in [0.05, 0.1) is 12.1 Å². The van der Waals surface area contributed by atoms with E-state index in [1.807, 2.05) is 9.80 Å². The SMILES string of the molecule is CCCCCCCCC/C=C\CCCCCCC(=O)NCCCN(CCCCN(CCCNC(=O)CCCCCC/C=C\CCCCCCCCC)C(=O)[C@@H](N)CCCCN)C(=O)[C@@H](N)CCCCN. The Labute approximate surface area is 431 Å². The minimum Gasteiger partial charge on any atom is -0.356 e. The molecule has 0 aliphatic rings. The largest absolute Gasteiger partial charge is 0.356 e. The van der Waals surface area contributed by atoms with E-state index in [2.05, 4.69) is 48.8 Å². The van der Waals surface area contributed by atoms with Gasteiger partial charge in [-0.05, 0) is 129 Å². The van der Waals surface area contributed by atoms with E-state index >= 15 is 0 Å². The maximum Gasteiger partial charge on any atom is 0.239 e. The van der Waals surface area contributed by atoms with E-state index in [0.29, 0.717) is 104 Å². The quantitative estimate of drug-likeness (QED) is 0.0255. The number of hydrogen-bond donors (Lipinski definition) is 6. The highest BCUT2D eigenvalue weighted by Crippen LogP contribution is 2.13. The van der Waals surface area contributed by atoms with Crippen LogP contribution in [0.15, 0.2) is 24.3 Å². The van der Waals surface area contributed by atoms with Crippen molar-refractivity contribution in [2.24, 2.45) is 22.9 Å². The monoisotopic (exact) mass is 987 g/mol. The Balaban J connectivity index is 4.75. The van der Waals surface area contributed by atoms with E-state index in [9.17, 15) is 19.2 Å². The fourth-order valence-corrected chi connectivity index (χ4v) is 8.89. The molecule has 0 rings (SSSR count). The molecule has 0 aromatic heterocycles. The van der Waals surface area contributed by atoms with Gasteiger partial charge in [-0.1, -0.05) is 154 Å². The normalized spacial score (nSPS) is 12.5. The zero-order valence-electron chi connectivity index (χ0n) is 45.8. The zero-order chi connectivity index (χ0) is 51.4. The first-order valence-corrected chi connectivity index (χ1v) is 29.5. The third kappa shape index (κ3) is 43.9. The fourth-order valence-electron chi connectivity index (χ4n) is 8.89. The van der Waals surface area contributed by atoms with Gasteiger partial charge in [0.1, 0.15) is 0 Å². The molecule has 10 N–H and O–H groups in total. The van der Waals surface area contributed by atoms with Crippen LogP contribution >= 0.6 is 0 Å². The van der Waals surface area contributed by atoms with Crippen molar-refractivity contribution in [1.82, 2.24) is 20.4 Å². The Morgan fingerprint density at radius 3 is 1.01 bits per heavy atom. The zero-order valence-corrected chi connectivity index (χ0v) is 45.8. The van der Waals surface area contributed by atoms with Crippen molar-refractivity contribution in [1.29, 1.82) is 0 Å². The van der Waals surface area contributed by atoms with E-state index in [0.717, 1.165) is 77.0 Å². The Bertz CT molecular complexity index is 1170. The second kappa shape index (κ2) is 52.5. The molecule has 2 atom stereocenters. The Kier molecular flexibility index (Phi) is 50.4. The lowest BCUT2D eigenvalue weighted by atomic mass is 10.1. The van der Waals surface area contributed by atoms with E-state index in [1.165, 1.54) is 116 Å². The third-order valence-electron chi connectivity index (χ3n) is 13.5. The molecule has 0 unspecified atom stereocenters. The molecule has 12 nitrogen and oxygen atoms in total. The molecular weight excluding hydrogens is 873 g/mol. The van der Waals surface area contributed by atoms with Crippen molar-refractivity contribution < 1.29 is 19.2 Å². The van der Waals surface area contributed by atoms with Crippen LogP contribution in [0.5, 0.6) is 0 Å². The number of hydrogen-bond acceptors (Lipinski definition) is 8.